The van der Waals surface area contributed by atoms with Gasteiger partial charge in [0.25, 0.3) is 0 Å². The van der Waals surface area contributed by atoms with Gasteiger partial charge in [0.2, 0.25) is 16.0 Å². The van der Waals surface area contributed by atoms with Crippen LogP contribution in [0.3, 0.4) is 0 Å². The number of aromatic nitrogens is 4. The van der Waals surface area contributed by atoms with Crippen molar-refractivity contribution in [3.63, 3.8) is 0 Å². The van der Waals surface area contributed by atoms with Crippen LogP contribution < -0.4 is 20.7 Å². The van der Waals surface area contributed by atoms with E-state index in [1.54, 1.807) is 23.0 Å². The van der Waals surface area contributed by atoms with Gasteiger partial charge in [-0.1, -0.05) is 6.07 Å². The van der Waals surface area contributed by atoms with Gasteiger partial charge in [0, 0.05) is 37.8 Å². The molecule has 0 amide bonds. The van der Waals surface area contributed by atoms with E-state index in [0.29, 0.717) is 36.3 Å². The molecule has 38 heavy (non-hydrogen) atoms. The zero-order valence-electron chi connectivity index (χ0n) is 20.9. The van der Waals surface area contributed by atoms with Gasteiger partial charge in [0.05, 0.1) is 29.6 Å². The van der Waals surface area contributed by atoms with E-state index < -0.39 is 16.6 Å². The number of anilines is 2. The third kappa shape index (κ3) is 4.87. The fourth-order valence-electron chi connectivity index (χ4n) is 5.38. The number of nitrogens with zero attached hydrogens (tertiary/aromatic N) is 6. The second-order valence-corrected chi connectivity index (χ2v) is 12.4. The number of sulfonamides is 1. The highest BCUT2D eigenvalue weighted by molar-refractivity contribution is 7.88. The van der Waals surface area contributed by atoms with Gasteiger partial charge < -0.3 is 20.7 Å². The highest BCUT2D eigenvalue weighted by Gasteiger charge is 2.46. The van der Waals surface area contributed by atoms with E-state index in [4.69, 9.17) is 15.7 Å². The van der Waals surface area contributed by atoms with Gasteiger partial charge in [-0.2, -0.15) is 28.2 Å². The number of hydrogen-bond acceptors (Lipinski definition) is 9. The van der Waals surface area contributed by atoms with E-state index >= 15 is 0 Å². The predicted octanol–water partition coefficient (Wildman–Crippen LogP) is 2.18. The van der Waals surface area contributed by atoms with Crippen LogP contribution in [0.4, 0.5) is 20.5 Å². The van der Waals surface area contributed by atoms with Crippen LogP contribution in [0.5, 0.6) is 5.75 Å². The number of ether oxygens (including phenoxy) is 1. The minimum atomic E-state index is -3.26. The van der Waals surface area contributed by atoms with Gasteiger partial charge in [-0.25, -0.2) is 13.1 Å². The molecule has 2 saturated heterocycles. The van der Waals surface area contributed by atoms with Crippen molar-refractivity contribution in [2.45, 2.75) is 43.9 Å². The third-order valence-corrected chi connectivity index (χ3v) is 9.02. The topological polar surface area (TPSA) is 132 Å². The van der Waals surface area contributed by atoms with E-state index in [1.807, 2.05) is 0 Å². The van der Waals surface area contributed by atoms with Crippen LogP contribution in [0.1, 0.15) is 25.7 Å². The Morgan fingerprint density at radius 1 is 1.18 bits per heavy atom. The summed E-state index contributed by atoms with van der Waals surface area (Å²) < 4.78 is 56.7. The molecular weight excluding hydrogens is 518 g/mol. The first-order valence-corrected chi connectivity index (χ1v) is 14.5. The zero-order valence-corrected chi connectivity index (χ0v) is 21.7. The van der Waals surface area contributed by atoms with Crippen molar-refractivity contribution < 1.29 is 21.9 Å². The average molecular weight is 549 g/mol. The number of benzene rings is 1. The second-order valence-electron chi connectivity index (χ2n) is 10.5. The molecule has 4 heterocycles. The maximum atomic E-state index is 12.8. The molecule has 0 bridgehead atoms. The molecule has 3 N–H and O–H groups in total. The maximum Gasteiger partial charge on any atom is 0.387 e. The monoisotopic (exact) mass is 548 g/mol. The largest absolute Gasteiger partial charge is 0.435 e. The van der Waals surface area contributed by atoms with Crippen LogP contribution >= 0.6 is 0 Å². The summed E-state index contributed by atoms with van der Waals surface area (Å²) in [6, 6.07) is 6.14. The Morgan fingerprint density at radius 3 is 2.58 bits per heavy atom. The lowest BCUT2D eigenvalue weighted by molar-refractivity contribution is -0.0498. The number of nitrogens with one attached hydrogen (secondary N) is 1. The normalized spacial score (nSPS) is 20.6. The first kappa shape index (κ1) is 25.2. The van der Waals surface area contributed by atoms with Crippen molar-refractivity contribution in [1.29, 1.82) is 0 Å². The SMILES string of the molecule is CS(=O)(=O)N1CC(Nc2nc(N3CCC(C4(N)CC4)CC3)c3cnn(-c4cccc(OC(F)F)c4)c3n2)C1. The van der Waals surface area contributed by atoms with Gasteiger partial charge in [-0.05, 0) is 43.7 Å². The summed E-state index contributed by atoms with van der Waals surface area (Å²) in [6.07, 6.45) is 6.97. The molecule has 14 heteroatoms. The third-order valence-electron chi connectivity index (χ3n) is 7.78. The minimum absolute atomic E-state index is 0.0157. The Morgan fingerprint density at radius 2 is 1.92 bits per heavy atom. The highest BCUT2D eigenvalue weighted by Crippen LogP contribution is 2.45. The Balaban J connectivity index is 1.33. The molecule has 2 aromatic heterocycles. The van der Waals surface area contributed by atoms with Crippen LogP contribution in [0.15, 0.2) is 30.5 Å². The zero-order chi connectivity index (χ0) is 26.7. The Kier molecular flexibility index (Phi) is 6.15. The van der Waals surface area contributed by atoms with Crippen molar-refractivity contribution in [3.05, 3.63) is 30.5 Å². The first-order valence-electron chi connectivity index (χ1n) is 12.7. The molecular formula is C24H30F2N8O3S. The molecule has 0 atom stereocenters. The molecule has 3 aliphatic rings. The lowest BCUT2D eigenvalue weighted by Gasteiger charge is -2.38. The summed E-state index contributed by atoms with van der Waals surface area (Å²) in [7, 11) is -3.26. The van der Waals surface area contributed by atoms with Crippen LogP contribution in [0, 0.1) is 5.92 Å². The molecule has 1 aliphatic carbocycles. The quantitative estimate of drug-likeness (QED) is 0.435. The fraction of sp³-hybridized carbons (Fsp3) is 0.542. The van der Waals surface area contributed by atoms with E-state index in [9.17, 15) is 17.2 Å². The molecule has 11 nitrogen and oxygen atoms in total. The summed E-state index contributed by atoms with van der Waals surface area (Å²) in [5.74, 6) is 1.59. The number of fused-ring (bicyclic) bond motifs is 1. The standard InChI is InChI=1S/C24H30F2N8O3S/c1-38(35,36)33-13-16(14-33)29-23-30-20(32-9-5-15(6-10-32)24(27)7-8-24)19-12-28-34(21(19)31-23)17-3-2-4-18(11-17)37-22(25)26/h2-4,11-12,15-16,22H,5-10,13-14,27H2,1H3,(H,29,30,31). The van der Waals surface area contributed by atoms with E-state index in [1.165, 1.54) is 22.7 Å². The summed E-state index contributed by atoms with van der Waals surface area (Å²) >= 11 is 0. The van der Waals surface area contributed by atoms with Crippen LogP contribution in [0.2, 0.25) is 0 Å². The van der Waals surface area contributed by atoms with Gasteiger partial charge in [-0.15, -0.1) is 0 Å². The Bertz CT molecular complexity index is 1450. The van der Waals surface area contributed by atoms with Gasteiger partial charge in [0.1, 0.15) is 11.6 Å². The van der Waals surface area contributed by atoms with Crippen LogP contribution in [-0.4, -0.2) is 83.1 Å². The molecule has 6 rings (SSSR count). The number of nitrogens with two attached hydrogens (primary N) is 1. The minimum Gasteiger partial charge on any atom is -0.435 e. The van der Waals surface area contributed by atoms with Crippen molar-refractivity contribution in [2.24, 2.45) is 11.7 Å². The van der Waals surface area contributed by atoms with Crippen molar-refractivity contribution >= 4 is 32.8 Å². The van der Waals surface area contributed by atoms with Crippen molar-refractivity contribution in [3.8, 4) is 11.4 Å². The highest BCUT2D eigenvalue weighted by atomic mass is 32.2. The van der Waals surface area contributed by atoms with Crippen molar-refractivity contribution in [2.75, 3.05) is 42.7 Å². The molecule has 1 aromatic carbocycles. The Hall–Kier alpha value is -3.10. The molecule has 3 fully saturated rings. The number of alkyl halides is 2. The molecule has 3 aromatic rings. The summed E-state index contributed by atoms with van der Waals surface area (Å²) in [4.78, 5) is 11.7. The summed E-state index contributed by atoms with van der Waals surface area (Å²) in [6.45, 7) is -0.700. The van der Waals surface area contributed by atoms with E-state index in [-0.39, 0.29) is 17.3 Å². The second kappa shape index (κ2) is 9.27. The molecule has 0 spiro atoms. The number of halogens is 2. The average Bonchev–Trinajstić information content (AvgIpc) is 3.45. The molecule has 1 saturated carbocycles. The summed E-state index contributed by atoms with van der Waals surface area (Å²) in [5, 5.41) is 8.51. The molecule has 0 radical (unpaired) electrons. The van der Waals surface area contributed by atoms with Gasteiger partial charge in [-0.3, -0.25) is 0 Å². The predicted molar refractivity (Wildman–Crippen MR) is 138 cm³/mol. The number of hydrogen-bond donors (Lipinski definition) is 2. The molecule has 0 unspecified atom stereocenters. The van der Waals surface area contributed by atoms with Crippen molar-refractivity contribution in [1.82, 2.24) is 24.1 Å². The Labute approximate surface area is 219 Å². The lowest BCUT2D eigenvalue weighted by atomic mass is 9.88. The van der Waals surface area contributed by atoms with E-state index in [0.717, 1.165) is 50.0 Å². The number of rotatable bonds is 8. The smallest absolute Gasteiger partial charge is 0.387 e. The van der Waals surface area contributed by atoms with Crippen LogP contribution in [0.25, 0.3) is 16.7 Å². The lowest BCUT2D eigenvalue weighted by Crippen LogP contribution is -2.56. The van der Waals surface area contributed by atoms with E-state index in [2.05, 4.69) is 20.1 Å². The van der Waals surface area contributed by atoms with Gasteiger partial charge in [0.15, 0.2) is 5.65 Å². The fourth-order valence-corrected chi connectivity index (χ4v) is 6.28. The first-order chi connectivity index (χ1) is 18.1. The maximum absolute atomic E-state index is 12.8. The number of piperidine rings is 1. The van der Waals surface area contributed by atoms with Gasteiger partial charge >= 0.3 is 6.61 Å². The molecule has 204 valence electrons. The van der Waals surface area contributed by atoms with Crippen LogP contribution in [-0.2, 0) is 10.0 Å². The summed E-state index contributed by atoms with van der Waals surface area (Å²) in [5.41, 5.74) is 7.47. The molecule has 2 aliphatic heterocycles.